The lowest BCUT2D eigenvalue weighted by Crippen LogP contribution is -2.37. The van der Waals surface area contributed by atoms with Crippen molar-refractivity contribution in [1.82, 2.24) is 0 Å². The quantitative estimate of drug-likeness (QED) is 0.408. The molecular formula is C24H25NO6S2. The maximum atomic E-state index is 13.6. The Balaban J connectivity index is 2.21. The molecule has 0 aliphatic carbocycles. The van der Waals surface area contributed by atoms with E-state index in [4.69, 9.17) is 9.47 Å². The van der Waals surface area contributed by atoms with Crippen molar-refractivity contribution in [2.24, 2.45) is 0 Å². The number of aryl methyl sites for hydroxylation is 1. The number of anilines is 1. The molecule has 9 heteroatoms. The van der Waals surface area contributed by atoms with Crippen LogP contribution in [0.3, 0.4) is 0 Å². The van der Waals surface area contributed by atoms with Gasteiger partial charge in [-0.1, -0.05) is 48.0 Å². The van der Waals surface area contributed by atoms with Crippen LogP contribution in [0.15, 0.2) is 64.9 Å². The molecule has 1 aromatic heterocycles. The number of esters is 2. The minimum Gasteiger partial charge on any atom is -0.465 e. The van der Waals surface area contributed by atoms with Gasteiger partial charge in [-0.3, -0.25) is 4.79 Å². The Morgan fingerprint density at radius 2 is 1.58 bits per heavy atom. The molecule has 0 saturated carbocycles. The van der Waals surface area contributed by atoms with Gasteiger partial charge in [-0.15, -0.1) is 11.3 Å². The highest BCUT2D eigenvalue weighted by Gasteiger charge is 2.34. The van der Waals surface area contributed by atoms with Gasteiger partial charge in [0, 0.05) is 10.9 Å². The van der Waals surface area contributed by atoms with Gasteiger partial charge in [0.1, 0.15) is 17.1 Å². The number of hydrogen-bond donors (Lipinski definition) is 0. The van der Waals surface area contributed by atoms with Crippen molar-refractivity contribution in [2.75, 3.05) is 24.1 Å². The van der Waals surface area contributed by atoms with Crippen LogP contribution in [0.25, 0.3) is 11.1 Å². The van der Waals surface area contributed by atoms with Crippen LogP contribution in [0.2, 0.25) is 0 Å². The molecule has 0 fully saturated rings. The van der Waals surface area contributed by atoms with Crippen molar-refractivity contribution in [2.45, 2.75) is 25.7 Å². The molecule has 1 heterocycles. The van der Waals surface area contributed by atoms with E-state index in [0.29, 0.717) is 5.56 Å². The first kappa shape index (κ1) is 24.5. The Morgan fingerprint density at radius 1 is 0.939 bits per heavy atom. The number of carbonyl (C=O) groups excluding carboxylic acids is 2. The average molecular weight is 488 g/mol. The van der Waals surface area contributed by atoms with Crippen molar-refractivity contribution in [3.8, 4) is 11.1 Å². The zero-order valence-electron chi connectivity index (χ0n) is 18.6. The van der Waals surface area contributed by atoms with E-state index in [1.807, 2.05) is 37.3 Å². The van der Waals surface area contributed by atoms with Crippen molar-refractivity contribution in [3.05, 3.63) is 71.1 Å². The third-order valence-electron chi connectivity index (χ3n) is 4.75. The highest BCUT2D eigenvalue weighted by Crippen LogP contribution is 2.40. The van der Waals surface area contributed by atoms with Crippen molar-refractivity contribution in [1.29, 1.82) is 0 Å². The summed E-state index contributed by atoms with van der Waals surface area (Å²) in [4.78, 5) is 25.4. The number of rotatable bonds is 9. The number of benzene rings is 2. The molecular weight excluding hydrogens is 462 g/mol. The number of carbonyl (C=O) groups is 2. The largest absolute Gasteiger partial charge is 0.465 e. The van der Waals surface area contributed by atoms with Crippen LogP contribution in [0.5, 0.6) is 0 Å². The lowest BCUT2D eigenvalue weighted by molar-refractivity contribution is -0.141. The van der Waals surface area contributed by atoms with Crippen LogP contribution in [0, 0.1) is 6.92 Å². The molecule has 0 aliphatic heterocycles. The molecule has 0 N–H and O–H groups in total. The summed E-state index contributed by atoms with van der Waals surface area (Å²) in [5.74, 6) is -1.39. The highest BCUT2D eigenvalue weighted by atomic mass is 32.2. The first-order valence-electron chi connectivity index (χ1n) is 10.4. The van der Waals surface area contributed by atoms with Crippen LogP contribution in [0.1, 0.15) is 29.8 Å². The summed E-state index contributed by atoms with van der Waals surface area (Å²) in [6.45, 7) is 4.79. The van der Waals surface area contributed by atoms with Gasteiger partial charge in [-0.05, 0) is 38.5 Å². The predicted octanol–water partition coefficient (Wildman–Crippen LogP) is 4.66. The average Bonchev–Trinajstić information content (AvgIpc) is 3.23. The van der Waals surface area contributed by atoms with Gasteiger partial charge in [0.15, 0.2) is 0 Å². The molecule has 0 amide bonds. The minimum atomic E-state index is -4.19. The molecule has 0 saturated heterocycles. The summed E-state index contributed by atoms with van der Waals surface area (Å²) in [7, 11) is -4.19. The molecule has 0 radical (unpaired) electrons. The van der Waals surface area contributed by atoms with Crippen molar-refractivity contribution in [3.63, 3.8) is 0 Å². The summed E-state index contributed by atoms with van der Waals surface area (Å²) in [5.41, 5.74) is 2.24. The molecule has 0 unspecified atom stereocenters. The molecule has 3 aromatic rings. The minimum absolute atomic E-state index is 0.00173. The Hall–Kier alpha value is -3.17. The van der Waals surface area contributed by atoms with Gasteiger partial charge < -0.3 is 9.47 Å². The first-order valence-corrected chi connectivity index (χ1v) is 12.7. The maximum Gasteiger partial charge on any atom is 0.341 e. The molecule has 3 rings (SSSR count). The van der Waals surface area contributed by atoms with Gasteiger partial charge in [0.05, 0.1) is 18.1 Å². The van der Waals surface area contributed by atoms with Gasteiger partial charge in [0.25, 0.3) is 10.0 Å². The van der Waals surface area contributed by atoms with Crippen LogP contribution >= 0.6 is 11.3 Å². The Labute approximate surface area is 197 Å². The van der Waals surface area contributed by atoms with E-state index in [0.717, 1.165) is 26.8 Å². The van der Waals surface area contributed by atoms with Crippen molar-refractivity contribution >= 4 is 38.3 Å². The van der Waals surface area contributed by atoms with E-state index in [9.17, 15) is 18.0 Å². The fourth-order valence-electron chi connectivity index (χ4n) is 3.19. The molecule has 0 spiro atoms. The van der Waals surface area contributed by atoms with E-state index in [1.165, 1.54) is 12.1 Å². The molecule has 0 aliphatic rings. The SMILES string of the molecule is CCOC(=O)CN(c1scc(-c2ccccc2)c1C(=O)OCC)S(=O)(=O)c1ccc(C)cc1. The van der Waals surface area contributed by atoms with Gasteiger partial charge in [-0.25, -0.2) is 17.5 Å². The summed E-state index contributed by atoms with van der Waals surface area (Å²) in [6.07, 6.45) is 0. The highest BCUT2D eigenvalue weighted by molar-refractivity contribution is 7.93. The lowest BCUT2D eigenvalue weighted by atomic mass is 10.0. The standard InChI is InChI=1S/C24H25NO6S2/c1-4-30-21(26)15-25(33(28,29)19-13-11-17(3)12-14-19)23-22(24(27)31-5-2)20(16-32-23)18-9-7-6-8-10-18/h6-14,16H,4-5,15H2,1-3H3. The van der Waals surface area contributed by atoms with Crippen molar-refractivity contribution < 1.29 is 27.5 Å². The monoisotopic (exact) mass is 487 g/mol. The summed E-state index contributed by atoms with van der Waals surface area (Å²) < 4.78 is 38.5. The van der Waals surface area contributed by atoms with Crippen LogP contribution in [0.4, 0.5) is 5.00 Å². The third kappa shape index (κ3) is 5.43. The number of sulfonamides is 1. The smallest absolute Gasteiger partial charge is 0.341 e. The zero-order valence-corrected chi connectivity index (χ0v) is 20.2. The van der Waals surface area contributed by atoms with Crippen LogP contribution in [-0.4, -0.2) is 40.1 Å². The Bertz CT molecular complexity index is 1220. The summed E-state index contributed by atoms with van der Waals surface area (Å²) in [6, 6.07) is 15.4. The second kappa shape index (κ2) is 10.6. The Kier molecular flexibility index (Phi) is 7.88. The van der Waals surface area contributed by atoms with Crippen LogP contribution in [-0.2, 0) is 24.3 Å². The molecule has 0 bridgehead atoms. The van der Waals surface area contributed by atoms with Gasteiger partial charge in [-0.2, -0.15) is 0 Å². The Morgan fingerprint density at radius 3 is 2.18 bits per heavy atom. The fraction of sp³-hybridized carbons (Fsp3) is 0.250. The molecule has 2 aromatic carbocycles. The second-order valence-corrected chi connectivity index (χ2v) is 9.77. The molecule has 174 valence electrons. The van der Waals surface area contributed by atoms with Gasteiger partial charge >= 0.3 is 11.9 Å². The normalized spacial score (nSPS) is 11.1. The van der Waals surface area contributed by atoms with E-state index in [1.54, 1.807) is 31.4 Å². The van der Waals surface area contributed by atoms with E-state index >= 15 is 0 Å². The predicted molar refractivity (Wildman–Crippen MR) is 128 cm³/mol. The number of thiophene rings is 1. The van der Waals surface area contributed by atoms with Crippen LogP contribution < -0.4 is 4.31 Å². The van der Waals surface area contributed by atoms with E-state index in [-0.39, 0.29) is 28.7 Å². The fourth-order valence-corrected chi connectivity index (χ4v) is 5.91. The third-order valence-corrected chi connectivity index (χ3v) is 7.63. The topological polar surface area (TPSA) is 90.0 Å². The summed E-state index contributed by atoms with van der Waals surface area (Å²) >= 11 is 1.06. The van der Waals surface area contributed by atoms with Gasteiger partial charge in [0.2, 0.25) is 0 Å². The first-order chi connectivity index (χ1) is 15.8. The maximum absolute atomic E-state index is 13.6. The van der Waals surface area contributed by atoms with E-state index < -0.39 is 28.5 Å². The summed E-state index contributed by atoms with van der Waals surface area (Å²) in [5, 5.41) is 1.79. The lowest BCUT2D eigenvalue weighted by Gasteiger charge is -2.23. The second-order valence-electron chi connectivity index (χ2n) is 7.05. The van der Waals surface area contributed by atoms with E-state index in [2.05, 4.69) is 0 Å². The molecule has 33 heavy (non-hydrogen) atoms. The number of nitrogens with zero attached hydrogens (tertiary/aromatic N) is 1. The molecule has 0 atom stereocenters. The number of ether oxygens (including phenoxy) is 2. The molecule has 7 nitrogen and oxygen atoms in total. The number of hydrogen-bond acceptors (Lipinski definition) is 7. The zero-order chi connectivity index (χ0) is 24.0.